The van der Waals surface area contributed by atoms with Crippen LogP contribution in [0, 0.1) is 0 Å². The third-order valence-electron chi connectivity index (χ3n) is 2.84. The molecule has 1 aromatic carbocycles. The summed E-state index contributed by atoms with van der Waals surface area (Å²) in [6, 6.07) is 7.87. The third kappa shape index (κ3) is 3.04. The van der Waals surface area contributed by atoms with Gasteiger partial charge >= 0.3 is 0 Å². The molecule has 3 heteroatoms. The molecule has 1 aromatic rings. The van der Waals surface area contributed by atoms with Crippen molar-refractivity contribution in [3.05, 3.63) is 35.4 Å². The van der Waals surface area contributed by atoms with Crippen LogP contribution in [-0.4, -0.2) is 24.4 Å². The minimum absolute atomic E-state index is 0.247. The Morgan fingerprint density at radius 3 is 2.75 bits per heavy atom. The predicted octanol–water partition coefficient (Wildman–Crippen LogP) is 2.05. The Morgan fingerprint density at radius 1 is 1.44 bits per heavy atom. The Kier molecular flexibility index (Phi) is 3.93. The van der Waals surface area contributed by atoms with E-state index in [1.54, 1.807) is 6.92 Å². The van der Waals surface area contributed by atoms with E-state index in [9.17, 15) is 5.11 Å². The molecule has 16 heavy (non-hydrogen) atoms. The highest BCUT2D eigenvalue weighted by molar-refractivity contribution is 5.23. The molecule has 1 aliphatic rings. The summed E-state index contributed by atoms with van der Waals surface area (Å²) in [4.78, 5) is 0. The van der Waals surface area contributed by atoms with E-state index < -0.39 is 6.10 Å². The maximum atomic E-state index is 9.37. The van der Waals surface area contributed by atoms with E-state index in [1.165, 1.54) is 0 Å². The lowest BCUT2D eigenvalue weighted by atomic mass is 10.1. The van der Waals surface area contributed by atoms with Gasteiger partial charge in [-0.15, -0.1) is 0 Å². The molecule has 0 aromatic heterocycles. The lowest BCUT2D eigenvalue weighted by molar-refractivity contribution is 0.0317. The highest BCUT2D eigenvalue weighted by atomic mass is 16.5. The average molecular weight is 222 g/mol. The Bertz CT molecular complexity index is 312. The molecule has 1 heterocycles. The van der Waals surface area contributed by atoms with Crippen molar-refractivity contribution < 1.29 is 14.6 Å². The van der Waals surface area contributed by atoms with Crippen LogP contribution in [0.2, 0.25) is 0 Å². The van der Waals surface area contributed by atoms with E-state index in [0.717, 1.165) is 24.2 Å². The van der Waals surface area contributed by atoms with E-state index >= 15 is 0 Å². The SMILES string of the molecule is CC(O)c1ccc(COC2CCOC2)cc1. The summed E-state index contributed by atoms with van der Waals surface area (Å²) in [5, 5.41) is 9.37. The Balaban J connectivity index is 1.84. The normalized spacial score (nSPS) is 22.2. The summed E-state index contributed by atoms with van der Waals surface area (Å²) in [5.41, 5.74) is 2.07. The fourth-order valence-electron chi connectivity index (χ4n) is 1.75. The highest BCUT2D eigenvalue weighted by Gasteiger charge is 2.15. The number of hydrogen-bond acceptors (Lipinski definition) is 3. The maximum absolute atomic E-state index is 9.37. The molecule has 1 fully saturated rings. The molecule has 2 atom stereocenters. The zero-order valence-electron chi connectivity index (χ0n) is 9.56. The summed E-state index contributed by atoms with van der Waals surface area (Å²) >= 11 is 0. The molecule has 2 rings (SSSR count). The first-order valence-electron chi connectivity index (χ1n) is 5.72. The zero-order valence-corrected chi connectivity index (χ0v) is 9.56. The van der Waals surface area contributed by atoms with E-state index in [4.69, 9.17) is 9.47 Å². The van der Waals surface area contributed by atoms with Gasteiger partial charge in [-0.3, -0.25) is 0 Å². The van der Waals surface area contributed by atoms with Crippen LogP contribution in [0.1, 0.15) is 30.6 Å². The van der Waals surface area contributed by atoms with E-state index in [2.05, 4.69) is 0 Å². The van der Waals surface area contributed by atoms with Gasteiger partial charge in [0.2, 0.25) is 0 Å². The second-order valence-electron chi connectivity index (χ2n) is 4.21. The van der Waals surface area contributed by atoms with Crippen molar-refractivity contribution in [1.29, 1.82) is 0 Å². The molecule has 2 unspecified atom stereocenters. The van der Waals surface area contributed by atoms with E-state index in [-0.39, 0.29) is 6.10 Å². The molecule has 0 amide bonds. The van der Waals surface area contributed by atoms with Crippen molar-refractivity contribution in [3.63, 3.8) is 0 Å². The lowest BCUT2D eigenvalue weighted by Crippen LogP contribution is -2.11. The number of ether oxygens (including phenoxy) is 2. The van der Waals surface area contributed by atoms with Gasteiger partial charge in [-0.05, 0) is 24.5 Å². The molecule has 88 valence electrons. The molecule has 1 saturated heterocycles. The number of benzene rings is 1. The molecule has 0 spiro atoms. The van der Waals surface area contributed by atoms with Gasteiger partial charge in [-0.25, -0.2) is 0 Å². The monoisotopic (exact) mass is 222 g/mol. The zero-order chi connectivity index (χ0) is 11.4. The van der Waals surface area contributed by atoms with Gasteiger partial charge in [0, 0.05) is 6.61 Å². The second-order valence-corrected chi connectivity index (χ2v) is 4.21. The molecule has 3 nitrogen and oxygen atoms in total. The quantitative estimate of drug-likeness (QED) is 0.847. The maximum Gasteiger partial charge on any atom is 0.0834 e. The van der Waals surface area contributed by atoms with Crippen molar-refractivity contribution in [1.82, 2.24) is 0 Å². The Morgan fingerprint density at radius 2 is 2.19 bits per heavy atom. The van der Waals surface area contributed by atoms with Crippen LogP contribution < -0.4 is 0 Å². The smallest absolute Gasteiger partial charge is 0.0834 e. The molecular formula is C13H18O3. The average Bonchev–Trinajstić information content (AvgIpc) is 2.80. The Hall–Kier alpha value is -0.900. The van der Waals surface area contributed by atoms with Crippen LogP contribution in [0.4, 0.5) is 0 Å². The lowest BCUT2D eigenvalue weighted by Gasteiger charge is -2.10. The fourth-order valence-corrected chi connectivity index (χ4v) is 1.75. The predicted molar refractivity (Wildman–Crippen MR) is 61.1 cm³/mol. The number of hydrogen-bond donors (Lipinski definition) is 1. The largest absolute Gasteiger partial charge is 0.389 e. The van der Waals surface area contributed by atoms with Gasteiger partial charge < -0.3 is 14.6 Å². The first-order valence-corrected chi connectivity index (χ1v) is 5.72. The summed E-state index contributed by atoms with van der Waals surface area (Å²) in [7, 11) is 0. The topological polar surface area (TPSA) is 38.7 Å². The minimum atomic E-state index is -0.404. The summed E-state index contributed by atoms with van der Waals surface area (Å²) in [6.45, 7) is 3.91. The summed E-state index contributed by atoms with van der Waals surface area (Å²) in [6.07, 6.45) is 0.834. The van der Waals surface area contributed by atoms with Crippen molar-refractivity contribution >= 4 is 0 Å². The first-order chi connectivity index (χ1) is 7.75. The van der Waals surface area contributed by atoms with Crippen molar-refractivity contribution in [2.45, 2.75) is 32.2 Å². The van der Waals surface area contributed by atoms with Gasteiger partial charge in [0.25, 0.3) is 0 Å². The van der Waals surface area contributed by atoms with Crippen molar-refractivity contribution in [3.8, 4) is 0 Å². The van der Waals surface area contributed by atoms with Crippen LogP contribution in [0.3, 0.4) is 0 Å². The Labute approximate surface area is 96.0 Å². The second kappa shape index (κ2) is 5.43. The number of aliphatic hydroxyl groups is 1. The van der Waals surface area contributed by atoms with E-state index in [1.807, 2.05) is 24.3 Å². The van der Waals surface area contributed by atoms with Crippen LogP contribution in [0.25, 0.3) is 0 Å². The standard InChI is InChI=1S/C13H18O3/c1-10(14)12-4-2-11(3-5-12)8-16-13-6-7-15-9-13/h2-5,10,13-14H,6-9H2,1H3. The minimum Gasteiger partial charge on any atom is -0.389 e. The molecule has 0 aliphatic carbocycles. The van der Waals surface area contributed by atoms with Gasteiger partial charge in [0.1, 0.15) is 0 Å². The van der Waals surface area contributed by atoms with Crippen LogP contribution >= 0.6 is 0 Å². The van der Waals surface area contributed by atoms with E-state index in [0.29, 0.717) is 13.2 Å². The summed E-state index contributed by atoms with van der Waals surface area (Å²) in [5.74, 6) is 0. The molecular weight excluding hydrogens is 204 g/mol. The summed E-state index contributed by atoms with van der Waals surface area (Å²) < 4.78 is 10.9. The first kappa shape index (κ1) is 11.6. The fraction of sp³-hybridized carbons (Fsp3) is 0.538. The van der Waals surface area contributed by atoms with Crippen LogP contribution in [0.5, 0.6) is 0 Å². The molecule has 0 radical (unpaired) electrons. The molecule has 0 saturated carbocycles. The number of aliphatic hydroxyl groups excluding tert-OH is 1. The van der Waals surface area contributed by atoms with Crippen LogP contribution in [0.15, 0.2) is 24.3 Å². The highest BCUT2D eigenvalue weighted by Crippen LogP contribution is 2.15. The van der Waals surface area contributed by atoms with Gasteiger partial charge in [-0.2, -0.15) is 0 Å². The molecule has 1 N–H and O–H groups in total. The number of rotatable bonds is 4. The van der Waals surface area contributed by atoms with Crippen molar-refractivity contribution in [2.75, 3.05) is 13.2 Å². The third-order valence-corrected chi connectivity index (χ3v) is 2.84. The van der Waals surface area contributed by atoms with Gasteiger partial charge in [-0.1, -0.05) is 24.3 Å². The van der Waals surface area contributed by atoms with Crippen molar-refractivity contribution in [2.24, 2.45) is 0 Å². The molecule has 0 bridgehead atoms. The van der Waals surface area contributed by atoms with Crippen LogP contribution in [-0.2, 0) is 16.1 Å². The molecule has 1 aliphatic heterocycles. The van der Waals surface area contributed by atoms with Gasteiger partial charge in [0.15, 0.2) is 0 Å². The van der Waals surface area contributed by atoms with Gasteiger partial charge in [0.05, 0.1) is 25.4 Å².